The minimum absolute atomic E-state index is 0.116. The summed E-state index contributed by atoms with van der Waals surface area (Å²) in [7, 11) is -0.697. The molecule has 0 aliphatic rings. The average molecular weight is 394 g/mol. The summed E-state index contributed by atoms with van der Waals surface area (Å²) in [5.41, 5.74) is 0.801. The summed E-state index contributed by atoms with van der Waals surface area (Å²) in [6.07, 6.45) is 3.96. The number of sulfonamides is 1. The van der Waals surface area contributed by atoms with E-state index >= 15 is 0 Å². The summed E-state index contributed by atoms with van der Waals surface area (Å²) < 4.78 is 39.4. The number of ether oxygens (including phenoxy) is 2. The van der Waals surface area contributed by atoms with E-state index in [0.29, 0.717) is 17.9 Å². The van der Waals surface area contributed by atoms with Gasteiger partial charge in [-0.2, -0.15) is 5.10 Å². The van der Waals surface area contributed by atoms with Crippen LogP contribution in [0.25, 0.3) is 5.13 Å². The van der Waals surface area contributed by atoms with E-state index in [-0.39, 0.29) is 11.4 Å². The topological polar surface area (TPSA) is 95.3 Å². The molecule has 0 spiro atoms. The van der Waals surface area contributed by atoms with Gasteiger partial charge >= 0.3 is 0 Å². The Morgan fingerprint density at radius 1 is 1.23 bits per heavy atom. The zero-order valence-electron chi connectivity index (χ0n) is 14.2. The second kappa shape index (κ2) is 7.85. The third-order valence-corrected chi connectivity index (χ3v) is 5.92. The second-order valence-corrected chi connectivity index (χ2v) is 7.84. The van der Waals surface area contributed by atoms with Crippen LogP contribution < -0.4 is 14.2 Å². The van der Waals surface area contributed by atoms with Gasteiger partial charge in [0.15, 0.2) is 11.5 Å². The number of benzene rings is 1. The van der Waals surface area contributed by atoms with Gasteiger partial charge in [-0.25, -0.2) is 22.8 Å². The monoisotopic (exact) mass is 394 g/mol. The highest BCUT2D eigenvalue weighted by Gasteiger charge is 2.17. The average Bonchev–Trinajstić information content (AvgIpc) is 3.32. The summed E-state index contributed by atoms with van der Waals surface area (Å²) in [6.45, 7) is 0.235. The number of aromatic nitrogens is 3. The lowest BCUT2D eigenvalue weighted by Crippen LogP contribution is -2.26. The summed E-state index contributed by atoms with van der Waals surface area (Å²) in [4.78, 5) is 4.56. The van der Waals surface area contributed by atoms with Gasteiger partial charge in [-0.15, -0.1) is 11.3 Å². The van der Waals surface area contributed by atoms with Crippen molar-refractivity contribution in [1.29, 1.82) is 0 Å². The number of nitrogens with zero attached hydrogens (tertiary/aromatic N) is 3. The van der Waals surface area contributed by atoms with Gasteiger partial charge in [-0.3, -0.25) is 0 Å². The lowest BCUT2D eigenvalue weighted by Gasteiger charge is -2.10. The molecule has 8 nitrogen and oxygen atoms in total. The first kappa shape index (κ1) is 18.4. The quantitative estimate of drug-likeness (QED) is 0.627. The lowest BCUT2D eigenvalue weighted by molar-refractivity contribution is 0.354. The van der Waals surface area contributed by atoms with Gasteiger partial charge in [0, 0.05) is 36.8 Å². The molecule has 0 fully saturated rings. The molecule has 0 amide bonds. The van der Waals surface area contributed by atoms with Gasteiger partial charge in [0.05, 0.1) is 24.8 Å². The fraction of sp³-hybridized carbons (Fsp3) is 0.250. The SMILES string of the molecule is COc1ccc(S(=O)(=O)NCCc2csc(-n3cccn3)n2)cc1OC. The van der Waals surface area contributed by atoms with Gasteiger partial charge in [-0.05, 0) is 18.2 Å². The molecule has 26 heavy (non-hydrogen) atoms. The van der Waals surface area contributed by atoms with Crippen molar-refractivity contribution in [3.05, 3.63) is 47.7 Å². The Morgan fingerprint density at radius 2 is 2.04 bits per heavy atom. The Labute approximate surface area is 155 Å². The van der Waals surface area contributed by atoms with Crippen LogP contribution in [0.3, 0.4) is 0 Å². The van der Waals surface area contributed by atoms with Gasteiger partial charge < -0.3 is 9.47 Å². The lowest BCUT2D eigenvalue weighted by atomic mass is 10.3. The largest absolute Gasteiger partial charge is 0.493 e. The fourth-order valence-corrected chi connectivity index (χ4v) is 4.12. The summed E-state index contributed by atoms with van der Waals surface area (Å²) in [5.74, 6) is 0.832. The van der Waals surface area contributed by atoms with Gasteiger partial charge in [0.2, 0.25) is 15.2 Å². The molecule has 2 aromatic heterocycles. The minimum atomic E-state index is -3.65. The molecule has 0 bridgehead atoms. The number of nitrogens with one attached hydrogen (secondary N) is 1. The molecular formula is C16H18N4O4S2. The van der Waals surface area contributed by atoms with E-state index < -0.39 is 10.0 Å². The van der Waals surface area contributed by atoms with Crippen LogP contribution in [0.1, 0.15) is 5.69 Å². The van der Waals surface area contributed by atoms with Crippen molar-refractivity contribution in [2.75, 3.05) is 20.8 Å². The first-order chi connectivity index (χ1) is 12.5. The van der Waals surface area contributed by atoms with Crippen molar-refractivity contribution in [3.63, 3.8) is 0 Å². The number of methoxy groups -OCH3 is 2. The maximum absolute atomic E-state index is 12.4. The van der Waals surface area contributed by atoms with E-state index in [1.165, 1.54) is 37.7 Å². The molecule has 0 saturated heterocycles. The molecule has 1 N–H and O–H groups in total. The number of hydrogen-bond acceptors (Lipinski definition) is 7. The number of rotatable bonds is 8. The van der Waals surface area contributed by atoms with Crippen molar-refractivity contribution in [2.24, 2.45) is 0 Å². The highest BCUT2D eigenvalue weighted by Crippen LogP contribution is 2.29. The molecule has 0 aliphatic heterocycles. The molecule has 0 aliphatic carbocycles. The molecule has 10 heteroatoms. The van der Waals surface area contributed by atoms with Crippen LogP contribution in [0, 0.1) is 0 Å². The van der Waals surface area contributed by atoms with E-state index in [1.54, 1.807) is 16.9 Å². The second-order valence-electron chi connectivity index (χ2n) is 5.24. The number of hydrogen-bond donors (Lipinski definition) is 1. The van der Waals surface area contributed by atoms with Crippen molar-refractivity contribution in [3.8, 4) is 16.6 Å². The van der Waals surface area contributed by atoms with Crippen LogP contribution in [0.5, 0.6) is 11.5 Å². The Bertz CT molecular complexity index is 968. The Morgan fingerprint density at radius 3 is 2.73 bits per heavy atom. The first-order valence-electron chi connectivity index (χ1n) is 7.69. The van der Waals surface area contributed by atoms with E-state index in [1.807, 2.05) is 17.6 Å². The van der Waals surface area contributed by atoms with E-state index in [2.05, 4.69) is 14.8 Å². The maximum Gasteiger partial charge on any atom is 0.240 e. The first-order valence-corrected chi connectivity index (χ1v) is 10.1. The molecule has 3 aromatic rings. The van der Waals surface area contributed by atoms with E-state index in [4.69, 9.17) is 9.47 Å². The summed E-state index contributed by atoms with van der Waals surface area (Å²) in [5, 5.41) is 6.75. The van der Waals surface area contributed by atoms with Gasteiger partial charge in [0.25, 0.3) is 0 Å². The standard InChI is InChI=1S/C16H18N4O4S2/c1-23-14-5-4-13(10-15(14)24-2)26(21,22)18-8-6-12-11-25-16(19-12)20-9-3-7-17-20/h3-5,7,9-11,18H,6,8H2,1-2H3. The molecule has 1 aromatic carbocycles. The summed E-state index contributed by atoms with van der Waals surface area (Å²) >= 11 is 1.45. The minimum Gasteiger partial charge on any atom is -0.493 e. The fourth-order valence-electron chi connectivity index (χ4n) is 2.28. The van der Waals surface area contributed by atoms with Crippen LogP contribution in [0.4, 0.5) is 0 Å². The zero-order chi connectivity index (χ0) is 18.6. The molecule has 0 unspecified atom stereocenters. The molecule has 0 saturated carbocycles. The van der Waals surface area contributed by atoms with Gasteiger partial charge in [-0.1, -0.05) is 0 Å². The molecule has 0 atom stereocenters. The van der Waals surface area contributed by atoms with Crippen molar-refractivity contribution in [2.45, 2.75) is 11.3 Å². The highest BCUT2D eigenvalue weighted by molar-refractivity contribution is 7.89. The van der Waals surface area contributed by atoms with Crippen molar-refractivity contribution in [1.82, 2.24) is 19.5 Å². The van der Waals surface area contributed by atoms with Crippen LogP contribution in [0.15, 0.2) is 46.9 Å². The molecule has 138 valence electrons. The highest BCUT2D eigenvalue weighted by atomic mass is 32.2. The van der Waals surface area contributed by atoms with E-state index in [0.717, 1.165) is 10.8 Å². The van der Waals surface area contributed by atoms with Crippen LogP contribution in [-0.4, -0.2) is 43.9 Å². The number of thiazole rings is 1. The molecular weight excluding hydrogens is 376 g/mol. The van der Waals surface area contributed by atoms with Crippen molar-refractivity contribution < 1.29 is 17.9 Å². The van der Waals surface area contributed by atoms with E-state index in [9.17, 15) is 8.42 Å². The zero-order valence-corrected chi connectivity index (χ0v) is 15.9. The third-order valence-electron chi connectivity index (χ3n) is 3.58. The molecule has 0 radical (unpaired) electrons. The Hall–Kier alpha value is -2.43. The normalized spacial score (nSPS) is 11.5. The Kier molecular flexibility index (Phi) is 5.55. The van der Waals surface area contributed by atoms with Crippen LogP contribution >= 0.6 is 11.3 Å². The summed E-state index contributed by atoms with van der Waals surface area (Å²) in [6, 6.07) is 6.28. The van der Waals surface area contributed by atoms with Gasteiger partial charge in [0.1, 0.15) is 0 Å². The van der Waals surface area contributed by atoms with Crippen LogP contribution in [0.2, 0.25) is 0 Å². The van der Waals surface area contributed by atoms with Crippen LogP contribution in [-0.2, 0) is 16.4 Å². The predicted molar refractivity (Wildman–Crippen MR) is 97.7 cm³/mol. The predicted octanol–water partition coefficient (Wildman–Crippen LogP) is 1.87. The smallest absolute Gasteiger partial charge is 0.240 e. The van der Waals surface area contributed by atoms with Crippen molar-refractivity contribution >= 4 is 21.4 Å². The molecule has 2 heterocycles. The third kappa shape index (κ3) is 4.03. The molecule has 3 rings (SSSR count). The Balaban J connectivity index is 1.64. The maximum atomic E-state index is 12.4.